The zero-order valence-corrected chi connectivity index (χ0v) is 10.6. The Morgan fingerprint density at radius 2 is 2.00 bits per heavy atom. The molecule has 1 saturated carbocycles. The third kappa shape index (κ3) is 3.13. The molecular weight excluding hydrogens is 246 g/mol. The summed E-state index contributed by atoms with van der Waals surface area (Å²) in [4.78, 5) is 2.08. The molecule has 1 unspecified atom stereocenters. The van der Waals surface area contributed by atoms with Crippen molar-refractivity contribution < 1.29 is 8.42 Å². The summed E-state index contributed by atoms with van der Waals surface area (Å²) in [6.07, 6.45) is 7.96. The maximum absolute atomic E-state index is 11.0. The van der Waals surface area contributed by atoms with E-state index >= 15 is 0 Å². The first kappa shape index (κ1) is 12.2. The van der Waals surface area contributed by atoms with Gasteiger partial charge in [0, 0.05) is 12.2 Å². The topological polar surface area (TPSA) is 75.4 Å². The molecule has 0 aromatic carbocycles. The summed E-state index contributed by atoms with van der Waals surface area (Å²) < 4.78 is 24.5. The lowest BCUT2D eigenvalue weighted by Crippen LogP contribution is -2.48. The van der Waals surface area contributed by atoms with Gasteiger partial charge < -0.3 is 4.90 Å². The van der Waals surface area contributed by atoms with E-state index in [-0.39, 0.29) is 5.50 Å². The first-order valence-electron chi connectivity index (χ1n) is 5.46. The van der Waals surface area contributed by atoms with Gasteiger partial charge in [-0.2, -0.15) is 13.1 Å². The fraction of sp³-hybridized carbons (Fsp3) is 0.778. The number of hydrogen-bond donors (Lipinski definition) is 2. The minimum atomic E-state index is -3.63. The van der Waals surface area contributed by atoms with Crippen LogP contribution in [0.5, 0.6) is 0 Å². The number of nitrogens with one attached hydrogen (secondary N) is 1. The molecule has 7 heteroatoms. The van der Waals surface area contributed by atoms with Crippen LogP contribution in [-0.2, 0) is 10.2 Å². The van der Waals surface area contributed by atoms with E-state index in [9.17, 15) is 8.42 Å². The molecule has 1 fully saturated rings. The van der Waals surface area contributed by atoms with Crippen molar-refractivity contribution in [3.8, 4) is 0 Å². The van der Waals surface area contributed by atoms with Crippen LogP contribution in [0.25, 0.3) is 0 Å². The van der Waals surface area contributed by atoms with E-state index in [0.717, 1.165) is 12.8 Å². The Morgan fingerprint density at radius 3 is 2.62 bits per heavy atom. The average molecular weight is 263 g/mol. The number of hydrogen-bond acceptors (Lipinski definition) is 4. The molecule has 0 saturated heterocycles. The van der Waals surface area contributed by atoms with Gasteiger partial charge in [0.25, 0.3) is 10.2 Å². The molecule has 1 atom stereocenters. The summed E-state index contributed by atoms with van der Waals surface area (Å²) in [5.74, 6) is 0. The summed E-state index contributed by atoms with van der Waals surface area (Å²) in [5.41, 5.74) is -0.266. The molecule has 0 amide bonds. The quantitative estimate of drug-likeness (QED) is 0.794. The summed E-state index contributed by atoms with van der Waals surface area (Å²) >= 11 is 1.45. The third-order valence-electron chi connectivity index (χ3n) is 2.97. The van der Waals surface area contributed by atoms with Gasteiger partial charge in [-0.3, -0.25) is 0 Å². The second-order valence-electron chi connectivity index (χ2n) is 4.18. The standard InChI is InChI=1S/C9H17N3O2S2/c10-16(13,14)11-9-12(6-7-15-9)8-4-2-1-3-5-8/h6-9,11H,1-5H2,(H2,10,13,14). The van der Waals surface area contributed by atoms with Crippen LogP contribution in [0.4, 0.5) is 0 Å². The van der Waals surface area contributed by atoms with Gasteiger partial charge >= 0.3 is 0 Å². The van der Waals surface area contributed by atoms with E-state index in [0.29, 0.717) is 6.04 Å². The minimum absolute atomic E-state index is 0.266. The predicted molar refractivity (Wildman–Crippen MR) is 65.5 cm³/mol. The van der Waals surface area contributed by atoms with Crippen molar-refractivity contribution in [1.82, 2.24) is 9.62 Å². The van der Waals surface area contributed by atoms with Crippen molar-refractivity contribution in [2.24, 2.45) is 5.14 Å². The highest BCUT2D eigenvalue weighted by atomic mass is 32.2. The Hall–Kier alpha value is -0.240. The fourth-order valence-electron chi connectivity index (χ4n) is 2.25. The lowest BCUT2D eigenvalue weighted by molar-refractivity contribution is 0.204. The maximum Gasteiger partial charge on any atom is 0.276 e. The zero-order chi connectivity index (χ0) is 11.6. The highest BCUT2D eigenvalue weighted by Crippen LogP contribution is 2.31. The lowest BCUT2D eigenvalue weighted by Gasteiger charge is -2.35. The molecule has 2 aliphatic rings. The average Bonchev–Trinajstić information content (AvgIpc) is 2.64. The molecular formula is C9H17N3O2S2. The van der Waals surface area contributed by atoms with Gasteiger partial charge in [0.15, 0.2) is 0 Å². The van der Waals surface area contributed by atoms with Gasteiger partial charge in [0.1, 0.15) is 5.50 Å². The Kier molecular flexibility index (Phi) is 3.78. The lowest BCUT2D eigenvalue weighted by atomic mass is 9.95. The molecule has 5 nitrogen and oxygen atoms in total. The smallest absolute Gasteiger partial charge is 0.276 e. The van der Waals surface area contributed by atoms with E-state index in [2.05, 4.69) is 9.62 Å². The minimum Gasteiger partial charge on any atom is -0.349 e. The van der Waals surface area contributed by atoms with Gasteiger partial charge in [-0.1, -0.05) is 31.0 Å². The van der Waals surface area contributed by atoms with Crippen molar-refractivity contribution >= 4 is 22.0 Å². The van der Waals surface area contributed by atoms with Gasteiger partial charge in [0.2, 0.25) is 0 Å². The van der Waals surface area contributed by atoms with Gasteiger partial charge in [0.05, 0.1) is 0 Å². The zero-order valence-electron chi connectivity index (χ0n) is 9.00. The van der Waals surface area contributed by atoms with Crippen molar-refractivity contribution in [3.05, 3.63) is 11.6 Å². The van der Waals surface area contributed by atoms with E-state index in [4.69, 9.17) is 5.14 Å². The van der Waals surface area contributed by atoms with Crippen molar-refractivity contribution in [1.29, 1.82) is 0 Å². The number of rotatable bonds is 3. The molecule has 0 aromatic rings. The summed E-state index contributed by atoms with van der Waals surface area (Å²) in [6.45, 7) is 0. The van der Waals surface area contributed by atoms with Crippen LogP contribution in [0.2, 0.25) is 0 Å². The van der Waals surface area contributed by atoms with Gasteiger partial charge in [-0.05, 0) is 18.2 Å². The number of thioether (sulfide) groups is 1. The van der Waals surface area contributed by atoms with Gasteiger partial charge in [-0.25, -0.2) is 5.14 Å². The molecule has 0 spiro atoms. The first-order valence-corrected chi connectivity index (χ1v) is 7.95. The highest BCUT2D eigenvalue weighted by molar-refractivity contribution is 8.03. The second-order valence-corrected chi connectivity index (χ2v) is 6.49. The fourth-order valence-corrected chi connectivity index (χ4v) is 4.02. The van der Waals surface area contributed by atoms with E-state index in [1.165, 1.54) is 31.0 Å². The Labute approximate surface area is 101 Å². The first-order chi connectivity index (χ1) is 7.56. The number of nitrogens with zero attached hydrogens (tertiary/aromatic N) is 1. The van der Waals surface area contributed by atoms with Crippen LogP contribution in [0, 0.1) is 0 Å². The molecule has 2 rings (SSSR count). The third-order valence-corrected chi connectivity index (χ3v) is 4.57. The highest BCUT2D eigenvalue weighted by Gasteiger charge is 2.29. The van der Waals surface area contributed by atoms with E-state index in [1.807, 2.05) is 11.6 Å². The largest absolute Gasteiger partial charge is 0.349 e. The molecule has 1 aliphatic heterocycles. The summed E-state index contributed by atoms with van der Waals surface area (Å²) in [6, 6.07) is 0.444. The normalized spacial score (nSPS) is 27.6. The van der Waals surface area contributed by atoms with Crippen LogP contribution < -0.4 is 9.86 Å². The van der Waals surface area contributed by atoms with Crippen LogP contribution in [0.1, 0.15) is 32.1 Å². The number of nitrogens with two attached hydrogens (primary N) is 1. The predicted octanol–water partition coefficient (Wildman–Crippen LogP) is 0.916. The van der Waals surface area contributed by atoms with Crippen molar-refractivity contribution in [3.63, 3.8) is 0 Å². The van der Waals surface area contributed by atoms with E-state index < -0.39 is 10.2 Å². The van der Waals surface area contributed by atoms with Gasteiger partial charge in [-0.15, -0.1) is 0 Å². The monoisotopic (exact) mass is 263 g/mol. The Bertz CT molecular complexity index is 363. The van der Waals surface area contributed by atoms with Crippen molar-refractivity contribution in [2.75, 3.05) is 0 Å². The molecule has 16 heavy (non-hydrogen) atoms. The van der Waals surface area contributed by atoms with Crippen LogP contribution in [0.15, 0.2) is 11.6 Å². The molecule has 1 heterocycles. The van der Waals surface area contributed by atoms with Crippen LogP contribution in [0.3, 0.4) is 0 Å². The van der Waals surface area contributed by atoms with Crippen LogP contribution in [-0.4, -0.2) is 24.9 Å². The van der Waals surface area contributed by atoms with Crippen LogP contribution >= 0.6 is 11.8 Å². The maximum atomic E-state index is 11.0. The SMILES string of the molecule is NS(=O)(=O)NC1SC=CN1C1CCCCC1. The summed E-state index contributed by atoms with van der Waals surface area (Å²) in [5, 5.41) is 6.91. The molecule has 1 aliphatic carbocycles. The Morgan fingerprint density at radius 1 is 1.31 bits per heavy atom. The second kappa shape index (κ2) is 4.95. The molecule has 0 radical (unpaired) electrons. The van der Waals surface area contributed by atoms with Crippen molar-refractivity contribution in [2.45, 2.75) is 43.6 Å². The molecule has 0 aromatic heterocycles. The Balaban J connectivity index is 1.99. The molecule has 92 valence electrons. The molecule has 0 bridgehead atoms. The molecule has 3 N–H and O–H groups in total. The van der Waals surface area contributed by atoms with E-state index in [1.54, 1.807) is 0 Å². The summed E-state index contributed by atoms with van der Waals surface area (Å²) in [7, 11) is -3.63.